The molecule has 0 radical (unpaired) electrons. The molecule has 0 aromatic carbocycles. The van der Waals surface area contributed by atoms with Crippen LogP contribution in [0.1, 0.15) is 19.8 Å². The number of rotatable bonds is 1. The van der Waals surface area contributed by atoms with E-state index in [0.717, 1.165) is 18.8 Å². The van der Waals surface area contributed by atoms with Gasteiger partial charge in [0.15, 0.2) is 0 Å². The Bertz CT molecular complexity index is 162. The van der Waals surface area contributed by atoms with Gasteiger partial charge in [-0.1, -0.05) is 12.5 Å². The highest BCUT2D eigenvalue weighted by atomic mass is 16.5. The van der Waals surface area contributed by atoms with E-state index in [-0.39, 0.29) is 5.97 Å². The van der Waals surface area contributed by atoms with Gasteiger partial charge in [0.1, 0.15) is 0 Å². The largest absolute Gasteiger partial charge is 0.466 e. The lowest BCUT2D eigenvalue weighted by Crippen LogP contribution is -2.12. The van der Waals surface area contributed by atoms with E-state index < -0.39 is 0 Å². The first-order valence-electron chi connectivity index (χ1n) is 3.49. The predicted octanol–water partition coefficient (Wildman–Crippen LogP) is 1.52. The first-order chi connectivity index (χ1) is 4.72. The van der Waals surface area contributed by atoms with Crippen molar-refractivity contribution in [3.63, 3.8) is 0 Å². The minimum absolute atomic E-state index is 0.220. The van der Waals surface area contributed by atoms with Gasteiger partial charge in [-0.25, -0.2) is 4.79 Å². The first kappa shape index (κ1) is 7.32. The second-order valence-corrected chi connectivity index (χ2v) is 2.84. The van der Waals surface area contributed by atoms with E-state index in [1.54, 1.807) is 6.08 Å². The summed E-state index contributed by atoms with van der Waals surface area (Å²) in [6, 6.07) is 0. The van der Waals surface area contributed by atoms with Gasteiger partial charge < -0.3 is 4.74 Å². The van der Waals surface area contributed by atoms with Gasteiger partial charge in [0.05, 0.1) is 7.11 Å². The van der Waals surface area contributed by atoms with Gasteiger partial charge >= 0.3 is 5.97 Å². The van der Waals surface area contributed by atoms with Crippen LogP contribution in [0.4, 0.5) is 0 Å². The van der Waals surface area contributed by atoms with Crippen molar-refractivity contribution in [2.75, 3.05) is 7.11 Å². The molecule has 0 aromatic rings. The fraction of sp³-hybridized carbons (Fsp3) is 0.625. The second-order valence-electron chi connectivity index (χ2n) is 2.84. The van der Waals surface area contributed by atoms with Gasteiger partial charge in [0.25, 0.3) is 0 Å². The average Bonchev–Trinajstić information content (AvgIpc) is 1.84. The molecule has 0 atom stereocenters. The number of allylic oxidation sites excluding steroid dienone is 1. The van der Waals surface area contributed by atoms with E-state index in [9.17, 15) is 4.79 Å². The van der Waals surface area contributed by atoms with Crippen LogP contribution in [-0.2, 0) is 9.53 Å². The van der Waals surface area contributed by atoms with Gasteiger partial charge in [-0.15, -0.1) is 0 Å². The normalized spacial score (nSPS) is 23.4. The molecular weight excluding hydrogens is 128 g/mol. The van der Waals surface area contributed by atoms with Crippen LogP contribution in [0.2, 0.25) is 0 Å². The highest BCUT2D eigenvalue weighted by molar-refractivity contribution is 5.82. The lowest BCUT2D eigenvalue weighted by molar-refractivity contribution is -0.134. The topological polar surface area (TPSA) is 26.3 Å². The maximum atomic E-state index is 10.6. The van der Waals surface area contributed by atoms with E-state index in [2.05, 4.69) is 11.7 Å². The minimum atomic E-state index is -0.220. The Morgan fingerprint density at radius 3 is 2.70 bits per heavy atom. The summed E-state index contributed by atoms with van der Waals surface area (Å²) in [4.78, 5) is 10.6. The lowest BCUT2D eigenvalue weighted by atomic mass is 9.81. The number of esters is 1. The van der Waals surface area contributed by atoms with Crippen LogP contribution in [0.25, 0.3) is 0 Å². The fourth-order valence-electron chi connectivity index (χ4n) is 1.18. The molecule has 0 unspecified atom stereocenters. The van der Waals surface area contributed by atoms with Crippen LogP contribution >= 0.6 is 0 Å². The van der Waals surface area contributed by atoms with Gasteiger partial charge in [-0.3, -0.25) is 0 Å². The molecule has 0 heterocycles. The molecule has 0 bridgehead atoms. The van der Waals surface area contributed by atoms with Crippen LogP contribution in [-0.4, -0.2) is 13.1 Å². The van der Waals surface area contributed by atoms with E-state index in [0.29, 0.717) is 0 Å². The van der Waals surface area contributed by atoms with Gasteiger partial charge in [0, 0.05) is 6.08 Å². The SMILES string of the molecule is COC(=O)C=C1CC(C)C1. The summed E-state index contributed by atoms with van der Waals surface area (Å²) in [5.74, 6) is 0.540. The van der Waals surface area contributed by atoms with Crippen molar-refractivity contribution in [1.82, 2.24) is 0 Å². The van der Waals surface area contributed by atoms with E-state index in [4.69, 9.17) is 0 Å². The molecule has 0 amide bonds. The molecule has 0 aromatic heterocycles. The summed E-state index contributed by atoms with van der Waals surface area (Å²) in [5.41, 5.74) is 1.22. The third kappa shape index (κ3) is 1.59. The quantitative estimate of drug-likeness (QED) is 0.407. The van der Waals surface area contributed by atoms with Crippen LogP contribution in [0.15, 0.2) is 11.6 Å². The van der Waals surface area contributed by atoms with Gasteiger partial charge in [-0.2, -0.15) is 0 Å². The molecule has 2 nitrogen and oxygen atoms in total. The van der Waals surface area contributed by atoms with Gasteiger partial charge in [-0.05, 0) is 18.8 Å². The molecule has 10 heavy (non-hydrogen) atoms. The Morgan fingerprint density at radius 1 is 1.70 bits per heavy atom. The highest BCUT2D eigenvalue weighted by Crippen LogP contribution is 2.31. The fourth-order valence-corrected chi connectivity index (χ4v) is 1.18. The molecule has 1 rings (SSSR count). The maximum Gasteiger partial charge on any atom is 0.330 e. The van der Waals surface area contributed by atoms with Crippen molar-refractivity contribution >= 4 is 5.97 Å². The van der Waals surface area contributed by atoms with Crippen LogP contribution < -0.4 is 0 Å². The molecule has 56 valence electrons. The first-order valence-corrected chi connectivity index (χ1v) is 3.49. The minimum Gasteiger partial charge on any atom is -0.466 e. The Hall–Kier alpha value is -0.790. The summed E-state index contributed by atoms with van der Waals surface area (Å²) in [5, 5.41) is 0. The van der Waals surface area contributed by atoms with E-state index in [1.807, 2.05) is 0 Å². The molecule has 0 N–H and O–H groups in total. The van der Waals surface area contributed by atoms with E-state index in [1.165, 1.54) is 12.7 Å². The third-order valence-electron chi connectivity index (χ3n) is 1.74. The molecule has 1 aliphatic rings. The van der Waals surface area contributed by atoms with Crippen molar-refractivity contribution in [1.29, 1.82) is 0 Å². The molecule has 0 aliphatic heterocycles. The average molecular weight is 140 g/mol. The second kappa shape index (κ2) is 2.86. The molecule has 1 saturated carbocycles. The number of methoxy groups -OCH3 is 1. The number of carbonyl (C=O) groups excluding carboxylic acids is 1. The molecule has 1 fully saturated rings. The molecule has 2 heteroatoms. The van der Waals surface area contributed by atoms with Crippen LogP contribution in [0.5, 0.6) is 0 Å². The summed E-state index contributed by atoms with van der Waals surface area (Å²) in [7, 11) is 1.40. The van der Waals surface area contributed by atoms with Gasteiger partial charge in [0.2, 0.25) is 0 Å². The van der Waals surface area contributed by atoms with Crippen molar-refractivity contribution in [3.05, 3.63) is 11.6 Å². The Morgan fingerprint density at radius 2 is 2.30 bits per heavy atom. The molecule has 0 spiro atoms. The number of hydrogen-bond donors (Lipinski definition) is 0. The van der Waals surface area contributed by atoms with Crippen LogP contribution in [0.3, 0.4) is 0 Å². The Labute approximate surface area is 60.9 Å². The maximum absolute atomic E-state index is 10.6. The summed E-state index contributed by atoms with van der Waals surface area (Å²) in [6.45, 7) is 2.18. The van der Waals surface area contributed by atoms with E-state index >= 15 is 0 Å². The zero-order valence-corrected chi connectivity index (χ0v) is 6.39. The van der Waals surface area contributed by atoms with Crippen LogP contribution in [0, 0.1) is 5.92 Å². The van der Waals surface area contributed by atoms with Crippen molar-refractivity contribution < 1.29 is 9.53 Å². The third-order valence-corrected chi connectivity index (χ3v) is 1.74. The monoisotopic (exact) mass is 140 g/mol. The lowest BCUT2D eigenvalue weighted by Gasteiger charge is -2.24. The summed E-state index contributed by atoms with van der Waals surface area (Å²) in [6.07, 6.45) is 3.73. The molecule has 1 aliphatic carbocycles. The highest BCUT2D eigenvalue weighted by Gasteiger charge is 2.18. The Balaban J connectivity index is 2.35. The van der Waals surface area contributed by atoms with Crippen molar-refractivity contribution in [2.24, 2.45) is 5.92 Å². The number of ether oxygens (including phenoxy) is 1. The summed E-state index contributed by atoms with van der Waals surface area (Å²) >= 11 is 0. The molecular formula is C8H12O2. The standard InChI is InChI=1S/C8H12O2/c1-6-3-7(4-6)5-8(9)10-2/h5-6H,3-4H2,1-2H3. The Kier molecular flexibility index (Phi) is 2.10. The van der Waals surface area contributed by atoms with Crippen molar-refractivity contribution in [2.45, 2.75) is 19.8 Å². The zero-order chi connectivity index (χ0) is 7.56. The smallest absolute Gasteiger partial charge is 0.330 e. The number of carbonyl (C=O) groups is 1. The summed E-state index contributed by atoms with van der Waals surface area (Å²) < 4.78 is 4.48. The zero-order valence-electron chi connectivity index (χ0n) is 6.39. The van der Waals surface area contributed by atoms with Crippen molar-refractivity contribution in [3.8, 4) is 0 Å². The molecule has 0 saturated heterocycles. The number of hydrogen-bond acceptors (Lipinski definition) is 2. The predicted molar refractivity (Wildman–Crippen MR) is 38.5 cm³/mol.